The highest BCUT2D eigenvalue weighted by Gasteiger charge is 2.10. The van der Waals surface area contributed by atoms with Crippen molar-refractivity contribution >= 4 is 52.3 Å². The van der Waals surface area contributed by atoms with Crippen molar-refractivity contribution in [1.29, 1.82) is 0 Å². The molecule has 0 radical (unpaired) electrons. The summed E-state index contributed by atoms with van der Waals surface area (Å²) in [5.41, 5.74) is 6.76. The summed E-state index contributed by atoms with van der Waals surface area (Å²) in [4.78, 5) is 36.0. The zero-order chi connectivity index (χ0) is 22.8. The van der Waals surface area contributed by atoms with Crippen LogP contribution in [0.1, 0.15) is 42.6 Å². The van der Waals surface area contributed by atoms with Gasteiger partial charge >= 0.3 is 0 Å². The number of amides is 3. The quantitative estimate of drug-likeness (QED) is 0.374. The first-order valence-corrected chi connectivity index (χ1v) is 10.6. The number of halogens is 1. The lowest BCUT2D eigenvalue weighted by Crippen LogP contribution is -2.48. The second kappa shape index (κ2) is 12.0. The molecule has 9 heteroatoms. The largest absolute Gasteiger partial charge is 0.326 e. The van der Waals surface area contributed by atoms with Crippen LogP contribution in [0.5, 0.6) is 0 Å². The van der Waals surface area contributed by atoms with Gasteiger partial charge in [-0.15, -0.1) is 0 Å². The van der Waals surface area contributed by atoms with E-state index >= 15 is 0 Å². The van der Waals surface area contributed by atoms with Crippen molar-refractivity contribution in [1.82, 2.24) is 16.2 Å². The third kappa shape index (κ3) is 8.74. The summed E-state index contributed by atoms with van der Waals surface area (Å²) in [6, 6.07) is 13.7. The summed E-state index contributed by atoms with van der Waals surface area (Å²) in [5.74, 6) is -0.554. The van der Waals surface area contributed by atoms with Crippen LogP contribution in [0.2, 0.25) is 5.02 Å². The zero-order valence-corrected chi connectivity index (χ0v) is 18.9. The van der Waals surface area contributed by atoms with Crippen molar-refractivity contribution in [2.45, 2.75) is 33.1 Å². The van der Waals surface area contributed by atoms with E-state index in [-0.39, 0.29) is 29.3 Å². The molecule has 2 aromatic carbocycles. The molecular weight excluding hydrogens is 436 g/mol. The number of carbonyl (C=O) groups is 3. The Balaban J connectivity index is 1.74. The molecule has 0 aliphatic heterocycles. The first-order chi connectivity index (χ1) is 14.7. The number of aryl methyl sites for hydroxylation is 1. The Hall–Kier alpha value is -2.97. The molecule has 4 N–H and O–H groups in total. The smallest absolute Gasteiger partial charge is 0.269 e. The molecule has 0 saturated heterocycles. The molecule has 0 fully saturated rings. The lowest BCUT2D eigenvalue weighted by molar-refractivity contribution is -0.119. The van der Waals surface area contributed by atoms with E-state index in [4.69, 9.17) is 23.8 Å². The molecule has 0 unspecified atom stereocenters. The first-order valence-electron chi connectivity index (χ1n) is 9.78. The van der Waals surface area contributed by atoms with Gasteiger partial charge in [0.2, 0.25) is 11.8 Å². The van der Waals surface area contributed by atoms with Crippen molar-refractivity contribution in [3.63, 3.8) is 0 Å². The summed E-state index contributed by atoms with van der Waals surface area (Å²) < 4.78 is 0. The minimum absolute atomic E-state index is 0.0184. The van der Waals surface area contributed by atoms with Gasteiger partial charge in [0, 0.05) is 29.1 Å². The van der Waals surface area contributed by atoms with Crippen LogP contribution >= 0.6 is 23.8 Å². The molecule has 0 saturated carbocycles. The summed E-state index contributed by atoms with van der Waals surface area (Å²) in [6.45, 7) is 3.93. The second-order valence-electron chi connectivity index (χ2n) is 7.27. The SMILES string of the molecule is CC(C)CC(=O)Nc1ccc(C(=O)NNC(=S)NC(=O)CCc2ccccc2Cl)cc1. The summed E-state index contributed by atoms with van der Waals surface area (Å²) in [5, 5.41) is 5.86. The number of rotatable bonds is 7. The van der Waals surface area contributed by atoms with E-state index in [9.17, 15) is 14.4 Å². The summed E-state index contributed by atoms with van der Waals surface area (Å²) in [6.07, 6.45) is 1.09. The minimum Gasteiger partial charge on any atom is -0.326 e. The number of hydrogen-bond donors (Lipinski definition) is 4. The number of nitrogens with one attached hydrogen (secondary N) is 4. The van der Waals surface area contributed by atoms with E-state index in [0.29, 0.717) is 29.1 Å². The van der Waals surface area contributed by atoms with Crippen LogP contribution in [-0.2, 0) is 16.0 Å². The van der Waals surface area contributed by atoms with Crippen molar-refractivity contribution in [3.05, 3.63) is 64.7 Å². The third-order valence-corrected chi connectivity index (χ3v) is 4.72. The molecule has 0 aliphatic carbocycles. The Morgan fingerprint density at radius 3 is 2.29 bits per heavy atom. The fourth-order valence-corrected chi connectivity index (χ4v) is 3.04. The maximum Gasteiger partial charge on any atom is 0.269 e. The fourth-order valence-electron chi connectivity index (χ4n) is 2.64. The van der Waals surface area contributed by atoms with Gasteiger partial charge in [-0.05, 0) is 60.5 Å². The van der Waals surface area contributed by atoms with E-state index in [1.807, 2.05) is 32.0 Å². The highest BCUT2D eigenvalue weighted by molar-refractivity contribution is 7.80. The Morgan fingerprint density at radius 1 is 0.968 bits per heavy atom. The molecule has 2 rings (SSSR count). The van der Waals surface area contributed by atoms with E-state index in [0.717, 1.165) is 5.56 Å². The Labute approximate surface area is 191 Å². The molecular formula is C22H25ClN4O3S. The molecule has 0 aromatic heterocycles. The van der Waals surface area contributed by atoms with Crippen LogP contribution in [0.15, 0.2) is 48.5 Å². The zero-order valence-electron chi connectivity index (χ0n) is 17.3. The monoisotopic (exact) mass is 460 g/mol. The Morgan fingerprint density at radius 2 is 1.65 bits per heavy atom. The maximum atomic E-state index is 12.2. The van der Waals surface area contributed by atoms with E-state index in [2.05, 4.69) is 21.5 Å². The molecule has 0 heterocycles. The van der Waals surface area contributed by atoms with Crippen molar-refractivity contribution < 1.29 is 14.4 Å². The number of benzene rings is 2. The molecule has 0 atom stereocenters. The standard InChI is InChI=1S/C22H25ClN4O3S/c1-14(2)13-20(29)24-17-10-7-16(8-11-17)21(30)26-27-22(31)25-19(28)12-9-15-5-3-4-6-18(15)23/h3-8,10-11,14H,9,12-13H2,1-2H3,(H,24,29)(H,26,30)(H2,25,27,28,31). The van der Waals surface area contributed by atoms with Crippen LogP contribution in [0.4, 0.5) is 5.69 Å². The number of thiocarbonyl (C=S) groups is 1. The summed E-state index contributed by atoms with van der Waals surface area (Å²) >= 11 is 11.1. The van der Waals surface area contributed by atoms with Gasteiger partial charge in [0.1, 0.15) is 0 Å². The van der Waals surface area contributed by atoms with Gasteiger partial charge in [0.05, 0.1) is 0 Å². The molecule has 0 aliphatic rings. The molecule has 3 amide bonds. The van der Waals surface area contributed by atoms with Crippen molar-refractivity contribution in [3.8, 4) is 0 Å². The predicted octanol–water partition coefficient (Wildman–Crippen LogP) is 3.59. The van der Waals surface area contributed by atoms with Gasteiger partial charge < -0.3 is 10.6 Å². The third-order valence-electron chi connectivity index (χ3n) is 4.15. The highest BCUT2D eigenvalue weighted by Crippen LogP contribution is 2.16. The van der Waals surface area contributed by atoms with Gasteiger partial charge in [0.15, 0.2) is 5.11 Å². The minimum atomic E-state index is -0.437. The topological polar surface area (TPSA) is 99.3 Å². The van der Waals surface area contributed by atoms with Gasteiger partial charge in [-0.2, -0.15) is 0 Å². The van der Waals surface area contributed by atoms with Gasteiger partial charge in [-0.3, -0.25) is 25.2 Å². The molecule has 0 bridgehead atoms. The number of hydrogen-bond acceptors (Lipinski definition) is 4. The normalized spacial score (nSPS) is 10.3. The average molecular weight is 461 g/mol. The van der Waals surface area contributed by atoms with E-state index < -0.39 is 5.91 Å². The molecule has 164 valence electrons. The van der Waals surface area contributed by atoms with Gasteiger partial charge in [0.25, 0.3) is 5.91 Å². The maximum absolute atomic E-state index is 12.2. The van der Waals surface area contributed by atoms with E-state index in [1.54, 1.807) is 30.3 Å². The van der Waals surface area contributed by atoms with Crippen LogP contribution in [0.25, 0.3) is 0 Å². The number of anilines is 1. The Kier molecular flexibility index (Phi) is 9.42. The molecule has 0 spiro atoms. The van der Waals surface area contributed by atoms with Gasteiger partial charge in [-0.25, -0.2) is 0 Å². The predicted molar refractivity (Wildman–Crippen MR) is 126 cm³/mol. The fraction of sp³-hybridized carbons (Fsp3) is 0.273. The first kappa shape index (κ1) is 24.3. The number of hydrazine groups is 1. The van der Waals surface area contributed by atoms with Crippen LogP contribution < -0.4 is 21.5 Å². The summed E-state index contributed by atoms with van der Waals surface area (Å²) in [7, 11) is 0. The lowest BCUT2D eigenvalue weighted by Gasteiger charge is -2.11. The van der Waals surface area contributed by atoms with Crippen LogP contribution in [0.3, 0.4) is 0 Å². The van der Waals surface area contributed by atoms with Gasteiger partial charge in [-0.1, -0.05) is 43.6 Å². The van der Waals surface area contributed by atoms with Crippen molar-refractivity contribution in [2.24, 2.45) is 5.92 Å². The molecule has 31 heavy (non-hydrogen) atoms. The lowest BCUT2D eigenvalue weighted by atomic mass is 10.1. The number of carbonyl (C=O) groups excluding carboxylic acids is 3. The van der Waals surface area contributed by atoms with E-state index in [1.165, 1.54) is 0 Å². The molecule has 2 aromatic rings. The second-order valence-corrected chi connectivity index (χ2v) is 8.09. The van der Waals surface area contributed by atoms with Crippen LogP contribution in [-0.4, -0.2) is 22.8 Å². The average Bonchev–Trinajstić information content (AvgIpc) is 2.71. The van der Waals surface area contributed by atoms with Crippen LogP contribution in [0, 0.1) is 5.92 Å². The van der Waals surface area contributed by atoms with Crippen molar-refractivity contribution in [2.75, 3.05) is 5.32 Å². The molecule has 7 nitrogen and oxygen atoms in total. The Bertz CT molecular complexity index is 948. The highest BCUT2D eigenvalue weighted by atomic mass is 35.5.